The van der Waals surface area contributed by atoms with Gasteiger partial charge in [-0.2, -0.15) is 0 Å². The van der Waals surface area contributed by atoms with Gasteiger partial charge in [0.15, 0.2) is 0 Å². The van der Waals surface area contributed by atoms with Crippen molar-refractivity contribution in [2.24, 2.45) is 11.8 Å². The van der Waals surface area contributed by atoms with E-state index >= 15 is 0 Å². The molecule has 0 spiro atoms. The van der Waals surface area contributed by atoms with Gasteiger partial charge in [0.1, 0.15) is 0 Å². The van der Waals surface area contributed by atoms with Crippen molar-refractivity contribution in [3.8, 4) is 0 Å². The Hall–Kier alpha value is 0.421. The molecule has 1 aliphatic carbocycles. The summed E-state index contributed by atoms with van der Waals surface area (Å²) in [5, 5.41) is 17.4. The molecular formula is C8H14O4Sr. The Morgan fingerprint density at radius 3 is 1.46 bits per heavy atom. The van der Waals surface area contributed by atoms with Gasteiger partial charge in [0, 0.05) is 0 Å². The first-order valence-corrected chi connectivity index (χ1v) is 4.08. The fourth-order valence-corrected chi connectivity index (χ4v) is 1.72. The minimum absolute atomic E-state index is 0. The molecule has 1 rings (SSSR count). The summed E-state index contributed by atoms with van der Waals surface area (Å²) in [6.07, 6.45) is 2.68. The van der Waals surface area contributed by atoms with E-state index in [1.165, 1.54) is 0 Å². The van der Waals surface area contributed by atoms with Crippen molar-refractivity contribution in [1.29, 1.82) is 0 Å². The Kier molecular flexibility index (Phi) is 6.20. The van der Waals surface area contributed by atoms with Gasteiger partial charge in [0.2, 0.25) is 0 Å². The number of rotatable bonds is 2. The van der Waals surface area contributed by atoms with E-state index in [1.807, 2.05) is 0 Å². The Bertz CT molecular complexity index is 182. The van der Waals surface area contributed by atoms with Gasteiger partial charge in [-0.05, 0) is 12.8 Å². The van der Waals surface area contributed by atoms with E-state index in [2.05, 4.69) is 0 Å². The number of hydrogen-bond acceptors (Lipinski definition) is 2. The monoisotopic (exact) mass is 262 g/mol. The molecule has 2 unspecified atom stereocenters. The number of hydrogen-bond donors (Lipinski definition) is 2. The number of carboxylic acids is 2. The van der Waals surface area contributed by atoms with E-state index in [0.717, 1.165) is 12.8 Å². The molecular weight excluding hydrogens is 248 g/mol. The summed E-state index contributed by atoms with van der Waals surface area (Å²) in [6, 6.07) is 0. The van der Waals surface area contributed by atoms with Crippen LogP contribution in [0.4, 0.5) is 0 Å². The van der Waals surface area contributed by atoms with Crippen molar-refractivity contribution in [3.63, 3.8) is 0 Å². The van der Waals surface area contributed by atoms with Gasteiger partial charge in [-0.25, -0.2) is 0 Å². The first-order valence-electron chi connectivity index (χ1n) is 4.08. The van der Waals surface area contributed by atoms with Gasteiger partial charge in [0.25, 0.3) is 0 Å². The quantitative estimate of drug-likeness (QED) is 0.689. The van der Waals surface area contributed by atoms with Crippen molar-refractivity contribution in [2.45, 2.75) is 25.7 Å². The third kappa shape index (κ3) is 3.58. The first-order chi connectivity index (χ1) is 5.63. The van der Waals surface area contributed by atoms with Gasteiger partial charge in [-0.3, -0.25) is 9.59 Å². The van der Waals surface area contributed by atoms with Crippen LogP contribution in [-0.4, -0.2) is 67.6 Å². The van der Waals surface area contributed by atoms with Gasteiger partial charge in [-0.1, -0.05) is 12.8 Å². The molecule has 1 saturated carbocycles. The summed E-state index contributed by atoms with van der Waals surface area (Å²) in [5.41, 5.74) is 0. The van der Waals surface area contributed by atoms with Crippen molar-refractivity contribution in [2.75, 3.05) is 0 Å². The third-order valence-electron chi connectivity index (χ3n) is 2.40. The van der Waals surface area contributed by atoms with Crippen LogP contribution < -0.4 is 0 Å². The predicted octanol–water partition coefficient (Wildman–Crippen LogP) is 0.0458. The fourth-order valence-electron chi connectivity index (χ4n) is 1.72. The molecule has 5 heteroatoms. The topological polar surface area (TPSA) is 74.6 Å². The van der Waals surface area contributed by atoms with E-state index in [1.54, 1.807) is 0 Å². The SMILES string of the molecule is O=C(O)C1CCCCC1C(=O)O.[SrH2]. The van der Waals surface area contributed by atoms with Crippen LogP contribution in [0.3, 0.4) is 0 Å². The summed E-state index contributed by atoms with van der Waals surface area (Å²) >= 11 is 0. The summed E-state index contributed by atoms with van der Waals surface area (Å²) in [6.45, 7) is 0. The summed E-state index contributed by atoms with van der Waals surface area (Å²) in [5.74, 6) is -3.28. The molecule has 13 heavy (non-hydrogen) atoms. The average Bonchev–Trinajstić information content (AvgIpc) is 2.04. The van der Waals surface area contributed by atoms with Crippen LogP contribution in [0.1, 0.15) is 25.7 Å². The Morgan fingerprint density at radius 2 is 1.23 bits per heavy atom. The maximum absolute atomic E-state index is 10.6. The molecule has 0 saturated heterocycles. The van der Waals surface area contributed by atoms with Crippen LogP contribution in [-0.2, 0) is 9.59 Å². The van der Waals surface area contributed by atoms with Crippen molar-refractivity contribution in [1.82, 2.24) is 0 Å². The number of carboxylic acid groups (broad SMARTS) is 2. The fraction of sp³-hybridized carbons (Fsp3) is 0.750. The van der Waals surface area contributed by atoms with Crippen molar-refractivity contribution < 1.29 is 19.8 Å². The first kappa shape index (κ1) is 13.4. The molecule has 72 valence electrons. The Balaban J connectivity index is 0.00000144. The van der Waals surface area contributed by atoms with E-state index in [0.29, 0.717) is 12.8 Å². The molecule has 1 aliphatic rings. The van der Waals surface area contributed by atoms with E-state index < -0.39 is 23.8 Å². The van der Waals surface area contributed by atoms with E-state index in [-0.39, 0.29) is 45.5 Å². The zero-order valence-corrected chi connectivity index (χ0v) is 6.69. The number of carbonyl (C=O) groups is 2. The van der Waals surface area contributed by atoms with Gasteiger partial charge in [-0.15, -0.1) is 0 Å². The Morgan fingerprint density at radius 1 is 0.923 bits per heavy atom. The molecule has 4 nitrogen and oxygen atoms in total. The maximum atomic E-state index is 10.6. The van der Waals surface area contributed by atoms with Crippen molar-refractivity contribution in [3.05, 3.63) is 0 Å². The summed E-state index contributed by atoms with van der Waals surface area (Å²) in [7, 11) is 0. The second-order valence-corrected chi connectivity index (χ2v) is 3.17. The van der Waals surface area contributed by atoms with Crippen LogP contribution in [0, 0.1) is 11.8 Å². The van der Waals surface area contributed by atoms with Crippen molar-refractivity contribution >= 4 is 57.4 Å². The molecule has 0 heterocycles. The summed E-state index contributed by atoms with van der Waals surface area (Å²) < 4.78 is 0. The molecule has 0 aromatic carbocycles. The molecule has 0 radical (unpaired) electrons. The molecule has 0 bridgehead atoms. The summed E-state index contributed by atoms with van der Waals surface area (Å²) in [4.78, 5) is 21.2. The van der Waals surface area contributed by atoms with Crippen LogP contribution >= 0.6 is 0 Å². The van der Waals surface area contributed by atoms with Crippen LogP contribution in [0.15, 0.2) is 0 Å². The van der Waals surface area contributed by atoms with Gasteiger partial charge in [0.05, 0.1) is 11.8 Å². The molecule has 0 aliphatic heterocycles. The van der Waals surface area contributed by atoms with Crippen LogP contribution in [0.2, 0.25) is 0 Å². The van der Waals surface area contributed by atoms with E-state index in [4.69, 9.17) is 10.2 Å². The van der Waals surface area contributed by atoms with Gasteiger partial charge < -0.3 is 10.2 Å². The standard InChI is InChI=1S/C8H12O4.Sr.2H/c9-7(10)5-3-1-2-4-6(5)8(11)12;;;/h5-6H,1-4H2,(H,9,10)(H,11,12);;;. The van der Waals surface area contributed by atoms with Crippen LogP contribution in [0.25, 0.3) is 0 Å². The zero-order valence-electron chi connectivity index (χ0n) is 6.69. The van der Waals surface area contributed by atoms with Gasteiger partial charge >= 0.3 is 57.4 Å². The Labute approximate surface area is 114 Å². The molecule has 0 aromatic heterocycles. The molecule has 2 atom stereocenters. The molecule has 2 N–H and O–H groups in total. The van der Waals surface area contributed by atoms with Crippen LogP contribution in [0.5, 0.6) is 0 Å². The second-order valence-electron chi connectivity index (χ2n) is 3.17. The van der Waals surface area contributed by atoms with E-state index in [9.17, 15) is 9.59 Å². The minimum atomic E-state index is -0.970. The molecule has 0 aromatic rings. The average molecular weight is 262 g/mol. The number of aliphatic carboxylic acids is 2. The normalized spacial score (nSPS) is 27.4. The zero-order chi connectivity index (χ0) is 9.14. The second kappa shape index (κ2) is 6.01. The molecule has 1 fully saturated rings. The molecule has 0 amide bonds. The third-order valence-corrected chi connectivity index (χ3v) is 2.40. The predicted molar refractivity (Wildman–Crippen MR) is 49.3 cm³/mol.